The Morgan fingerprint density at radius 1 is 0.784 bits per heavy atom. The minimum Gasteiger partial charge on any atom is -0.504 e. The number of para-hydroxylation sites is 1. The number of ether oxygens (including phenoxy) is 2. The number of aromatic nitrogens is 2. The molecule has 3 aromatic carbocycles. The maximum Gasteiger partial charge on any atom is 0.353 e. The molecule has 0 saturated carbocycles. The maximum absolute atomic E-state index is 13.2. The van der Waals surface area contributed by atoms with Crippen LogP contribution in [0.2, 0.25) is 10.0 Å². The first-order chi connectivity index (χ1) is 17.8. The number of phenolic OH excluding ortho intramolecular Hbond substituents is 2. The second kappa shape index (κ2) is 11.2. The molecule has 4 rings (SSSR count). The molecule has 2 N–H and O–H groups in total. The number of phenols is 2. The molecular weight excluding hydrogens is 515 g/mol. The minimum absolute atomic E-state index is 0.0154. The van der Waals surface area contributed by atoms with E-state index in [1.54, 1.807) is 72.8 Å². The van der Waals surface area contributed by atoms with Crippen LogP contribution in [0.5, 0.6) is 23.0 Å². The molecular formula is C28H22Cl2N2O5. The topological polar surface area (TPSA) is 93.8 Å². The third kappa shape index (κ3) is 5.80. The van der Waals surface area contributed by atoms with E-state index in [0.717, 1.165) is 11.1 Å². The van der Waals surface area contributed by atoms with Crippen molar-refractivity contribution in [1.29, 1.82) is 0 Å². The zero-order valence-electron chi connectivity index (χ0n) is 19.9. The van der Waals surface area contributed by atoms with Gasteiger partial charge in [0.1, 0.15) is 0 Å². The lowest BCUT2D eigenvalue weighted by Crippen LogP contribution is -2.24. The number of rotatable bonds is 7. The van der Waals surface area contributed by atoms with Crippen LogP contribution in [-0.4, -0.2) is 34.0 Å². The van der Waals surface area contributed by atoms with E-state index < -0.39 is 5.69 Å². The average Bonchev–Trinajstić information content (AvgIpc) is 2.88. The summed E-state index contributed by atoms with van der Waals surface area (Å²) in [5.41, 5.74) is 2.05. The molecule has 0 amide bonds. The van der Waals surface area contributed by atoms with E-state index in [-0.39, 0.29) is 21.5 Å². The first kappa shape index (κ1) is 25.9. The smallest absolute Gasteiger partial charge is 0.353 e. The van der Waals surface area contributed by atoms with Crippen molar-refractivity contribution in [3.05, 3.63) is 104 Å². The van der Waals surface area contributed by atoms with Gasteiger partial charge in [0.25, 0.3) is 0 Å². The summed E-state index contributed by atoms with van der Waals surface area (Å²) in [4.78, 5) is 17.4. The van der Waals surface area contributed by atoms with Crippen LogP contribution in [0.15, 0.2) is 65.5 Å². The molecule has 0 aliphatic heterocycles. The molecule has 1 heterocycles. The number of aromatic hydroxyl groups is 2. The Balaban J connectivity index is 1.83. The van der Waals surface area contributed by atoms with Gasteiger partial charge < -0.3 is 19.7 Å². The lowest BCUT2D eigenvalue weighted by molar-refractivity contribution is 0.373. The molecule has 37 heavy (non-hydrogen) atoms. The fourth-order valence-electron chi connectivity index (χ4n) is 3.61. The Labute approximate surface area is 223 Å². The molecule has 0 atom stereocenters. The van der Waals surface area contributed by atoms with Crippen molar-refractivity contribution >= 4 is 47.5 Å². The second-order valence-electron chi connectivity index (χ2n) is 7.82. The molecule has 0 fully saturated rings. The van der Waals surface area contributed by atoms with Gasteiger partial charge in [-0.3, -0.25) is 4.57 Å². The van der Waals surface area contributed by atoms with E-state index in [4.69, 9.17) is 32.7 Å². The first-order valence-electron chi connectivity index (χ1n) is 11.0. The zero-order valence-corrected chi connectivity index (χ0v) is 21.4. The third-order valence-electron chi connectivity index (χ3n) is 5.43. The number of nitrogens with zero attached hydrogens (tertiary/aromatic N) is 2. The summed E-state index contributed by atoms with van der Waals surface area (Å²) in [6.07, 6.45) is 6.90. The molecule has 0 spiro atoms. The molecule has 0 aliphatic rings. The van der Waals surface area contributed by atoms with Gasteiger partial charge in [-0.1, -0.05) is 53.6 Å². The Bertz CT molecular complexity index is 1560. The van der Waals surface area contributed by atoms with Crippen molar-refractivity contribution in [2.45, 2.75) is 0 Å². The first-order valence-corrected chi connectivity index (χ1v) is 11.7. The summed E-state index contributed by atoms with van der Waals surface area (Å²) in [5, 5.41) is 20.3. The fourth-order valence-corrected chi connectivity index (χ4v) is 4.18. The van der Waals surface area contributed by atoms with E-state index in [0.29, 0.717) is 28.6 Å². The van der Waals surface area contributed by atoms with Crippen LogP contribution < -0.4 is 15.2 Å². The monoisotopic (exact) mass is 536 g/mol. The highest BCUT2D eigenvalue weighted by Gasteiger charge is 2.14. The van der Waals surface area contributed by atoms with Crippen molar-refractivity contribution in [2.24, 2.45) is 0 Å². The van der Waals surface area contributed by atoms with Crippen molar-refractivity contribution in [1.82, 2.24) is 9.55 Å². The van der Waals surface area contributed by atoms with Crippen molar-refractivity contribution in [3.63, 3.8) is 0 Å². The van der Waals surface area contributed by atoms with Crippen LogP contribution in [0.3, 0.4) is 0 Å². The molecule has 0 saturated heterocycles. The molecule has 0 unspecified atom stereocenters. The summed E-state index contributed by atoms with van der Waals surface area (Å²) in [7, 11) is 2.93. The van der Waals surface area contributed by atoms with Crippen LogP contribution in [0, 0.1) is 0 Å². The molecule has 188 valence electrons. The summed E-state index contributed by atoms with van der Waals surface area (Å²) < 4.78 is 11.7. The Hall–Kier alpha value is -4.20. The normalized spacial score (nSPS) is 11.4. The van der Waals surface area contributed by atoms with Gasteiger partial charge in [-0.05, 0) is 65.7 Å². The largest absolute Gasteiger partial charge is 0.504 e. The molecule has 7 nitrogen and oxygen atoms in total. The van der Waals surface area contributed by atoms with Crippen molar-refractivity contribution in [2.75, 3.05) is 14.2 Å². The highest BCUT2D eigenvalue weighted by Crippen LogP contribution is 2.30. The molecule has 1 aromatic heterocycles. The van der Waals surface area contributed by atoms with E-state index in [1.807, 2.05) is 0 Å². The third-order valence-corrected chi connectivity index (χ3v) is 6.04. The lowest BCUT2D eigenvalue weighted by atomic mass is 10.1. The van der Waals surface area contributed by atoms with Gasteiger partial charge >= 0.3 is 5.69 Å². The number of methoxy groups -OCH3 is 2. The van der Waals surface area contributed by atoms with Crippen LogP contribution in [0.1, 0.15) is 22.5 Å². The summed E-state index contributed by atoms with van der Waals surface area (Å²) in [6.45, 7) is 0. The fraction of sp³-hybridized carbons (Fsp3) is 0.0714. The Morgan fingerprint density at radius 2 is 1.32 bits per heavy atom. The average molecular weight is 537 g/mol. The highest BCUT2D eigenvalue weighted by molar-refractivity contribution is 6.37. The van der Waals surface area contributed by atoms with Gasteiger partial charge in [0.05, 0.1) is 41.3 Å². The van der Waals surface area contributed by atoms with Gasteiger partial charge in [-0.25, -0.2) is 4.79 Å². The maximum atomic E-state index is 13.2. The summed E-state index contributed by atoms with van der Waals surface area (Å²) >= 11 is 12.8. The van der Waals surface area contributed by atoms with E-state index >= 15 is 0 Å². The Kier molecular flexibility index (Phi) is 7.86. The van der Waals surface area contributed by atoms with Gasteiger partial charge in [0.15, 0.2) is 23.0 Å². The Morgan fingerprint density at radius 3 is 1.86 bits per heavy atom. The van der Waals surface area contributed by atoms with E-state index in [1.165, 1.54) is 30.9 Å². The second-order valence-corrected chi connectivity index (χ2v) is 8.64. The van der Waals surface area contributed by atoms with Gasteiger partial charge in [-0.2, -0.15) is 4.98 Å². The van der Waals surface area contributed by atoms with Crippen molar-refractivity contribution < 1.29 is 19.7 Å². The predicted molar refractivity (Wildman–Crippen MR) is 147 cm³/mol. The van der Waals surface area contributed by atoms with Crippen LogP contribution in [0.25, 0.3) is 30.0 Å². The lowest BCUT2D eigenvalue weighted by Gasteiger charge is -2.14. The minimum atomic E-state index is -0.580. The molecule has 0 bridgehead atoms. The quantitative estimate of drug-likeness (QED) is 0.287. The highest BCUT2D eigenvalue weighted by atomic mass is 35.5. The van der Waals surface area contributed by atoms with E-state index in [2.05, 4.69) is 4.98 Å². The molecule has 0 aliphatic carbocycles. The van der Waals surface area contributed by atoms with Gasteiger partial charge in [-0.15, -0.1) is 0 Å². The molecule has 4 aromatic rings. The van der Waals surface area contributed by atoms with Crippen LogP contribution in [-0.2, 0) is 0 Å². The summed E-state index contributed by atoms with van der Waals surface area (Å²) in [5.74, 6) is 0.681. The van der Waals surface area contributed by atoms with Gasteiger partial charge in [0, 0.05) is 0 Å². The SMILES string of the molecule is COc1cc(/C=C/c2cc(/C=C/c3ccc(O)c(OC)c3)n(-c3c(Cl)cccc3Cl)c(=O)n2)ccc1O. The van der Waals surface area contributed by atoms with Gasteiger partial charge in [0.2, 0.25) is 0 Å². The number of benzene rings is 3. The standard InChI is InChI=1S/C28H22Cl2N2O5/c1-36-25-14-17(8-12-23(25)33)6-10-19-16-20(11-7-18-9-13-24(34)26(15-18)37-2)32(28(35)31-19)27-21(29)4-3-5-22(27)30/h3-16,33-34H,1-2H3/b10-6+,11-7+. The number of hydrogen-bond acceptors (Lipinski definition) is 6. The molecule has 0 radical (unpaired) electrons. The van der Waals surface area contributed by atoms with Crippen LogP contribution >= 0.6 is 23.2 Å². The van der Waals surface area contributed by atoms with E-state index in [9.17, 15) is 15.0 Å². The predicted octanol–water partition coefficient (Wildman–Crippen LogP) is 6.31. The van der Waals surface area contributed by atoms with Crippen LogP contribution in [0.4, 0.5) is 0 Å². The zero-order chi connectivity index (χ0) is 26.5. The number of halogens is 2. The summed E-state index contributed by atoms with van der Waals surface area (Å²) in [6, 6.07) is 16.5. The van der Waals surface area contributed by atoms with Crippen molar-refractivity contribution in [3.8, 4) is 28.7 Å². The number of hydrogen-bond donors (Lipinski definition) is 2. The molecule has 9 heteroatoms.